The van der Waals surface area contributed by atoms with Crippen molar-refractivity contribution in [3.8, 4) is 22.6 Å². The number of aryl methyl sites for hydroxylation is 1. The van der Waals surface area contributed by atoms with Gasteiger partial charge in [-0.3, -0.25) is 5.10 Å². The fraction of sp³-hybridized carbons (Fsp3) is 0.125. The Kier molecular flexibility index (Phi) is 3.44. The fourth-order valence-electron chi connectivity index (χ4n) is 2.14. The molecule has 0 aliphatic carbocycles. The minimum atomic E-state index is -4.37. The monoisotopic (exact) mass is 303 g/mol. The van der Waals surface area contributed by atoms with Gasteiger partial charge in [0.15, 0.2) is 0 Å². The number of pyridine rings is 1. The molecule has 6 heteroatoms. The van der Waals surface area contributed by atoms with E-state index < -0.39 is 11.7 Å². The Morgan fingerprint density at radius 2 is 1.64 bits per heavy atom. The van der Waals surface area contributed by atoms with Crippen molar-refractivity contribution in [2.45, 2.75) is 13.1 Å². The van der Waals surface area contributed by atoms with E-state index >= 15 is 0 Å². The molecule has 0 saturated heterocycles. The van der Waals surface area contributed by atoms with E-state index in [4.69, 9.17) is 0 Å². The van der Waals surface area contributed by atoms with Crippen LogP contribution in [0.5, 0.6) is 0 Å². The number of H-pyrrole nitrogens is 1. The van der Waals surface area contributed by atoms with Gasteiger partial charge in [-0.15, -0.1) is 0 Å². The summed E-state index contributed by atoms with van der Waals surface area (Å²) in [6.45, 7) is 1.87. The molecule has 2 aromatic heterocycles. The Morgan fingerprint density at radius 3 is 2.32 bits per heavy atom. The van der Waals surface area contributed by atoms with E-state index in [1.165, 1.54) is 6.07 Å². The topological polar surface area (TPSA) is 41.6 Å². The standard InChI is InChI=1S/C16H12F3N3/c1-10-8-15(22-21-10)14-7-3-6-13(20-14)11-4-2-5-12(9-11)16(17,18)19/h2-9H,1H3,(H,21,22). The van der Waals surface area contributed by atoms with E-state index in [-0.39, 0.29) is 0 Å². The second kappa shape index (κ2) is 5.29. The number of benzene rings is 1. The van der Waals surface area contributed by atoms with E-state index in [0.717, 1.165) is 17.8 Å². The lowest BCUT2D eigenvalue weighted by atomic mass is 10.1. The highest BCUT2D eigenvalue weighted by molar-refractivity contribution is 5.65. The fourth-order valence-corrected chi connectivity index (χ4v) is 2.14. The molecule has 2 heterocycles. The number of aromatic amines is 1. The summed E-state index contributed by atoms with van der Waals surface area (Å²) in [6.07, 6.45) is -4.37. The van der Waals surface area contributed by atoms with Crippen LogP contribution in [0.1, 0.15) is 11.3 Å². The third kappa shape index (κ3) is 2.86. The molecule has 0 saturated carbocycles. The minimum absolute atomic E-state index is 0.420. The molecule has 1 aromatic carbocycles. The van der Waals surface area contributed by atoms with Crippen molar-refractivity contribution in [2.24, 2.45) is 0 Å². The maximum absolute atomic E-state index is 12.8. The predicted octanol–water partition coefficient (Wildman–Crippen LogP) is 4.47. The molecule has 3 aromatic rings. The normalized spacial score (nSPS) is 11.6. The van der Waals surface area contributed by atoms with Gasteiger partial charge >= 0.3 is 6.18 Å². The van der Waals surface area contributed by atoms with Gasteiger partial charge in [-0.05, 0) is 37.3 Å². The van der Waals surface area contributed by atoms with E-state index in [2.05, 4.69) is 15.2 Å². The molecular weight excluding hydrogens is 291 g/mol. The number of halogens is 3. The van der Waals surface area contributed by atoms with Gasteiger partial charge in [0.25, 0.3) is 0 Å². The lowest BCUT2D eigenvalue weighted by Gasteiger charge is -2.09. The smallest absolute Gasteiger partial charge is 0.282 e. The first-order valence-electron chi connectivity index (χ1n) is 6.60. The summed E-state index contributed by atoms with van der Waals surface area (Å²) in [5.41, 5.74) is 2.37. The first-order chi connectivity index (χ1) is 10.4. The van der Waals surface area contributed by atoms with Gasteiger partial charge in [0.1, 0.15) is 5.69 Å². The number of nitrogens with zero attached hydrogens (tertiary/aromatic N) is 2. The SMILES string of the molecule is Cc1cc(-c2cccc(-c3cccc(C(F)(F)F)c3)n2)n[nH]1. The molecule has 0 aliphatic rings. The molecule has 0 bridgehead atoms. The van der Waals surface area contributed by atoms with Crippen molar-refractivity contribution < 1.29 is 13.2 Å². The van der Waals surface area contributed by atoms with Gasteiger partial charge in [-0.1, -0.05) is 18.2 Å². The molecule has 0 fully saturated rings. The number of nitrogens with one attached hydrogen (secondary N) is 1. The number of aromatic nitrogens is 3. The Hall–Kier alpha value is -2.63. The van der Waals surface area contributed by atoms with Gasteiger partial charge < -0.3 is 0 Å². The number of hydrogen-bond donors (Lipinski definition) is 1. The number of alkyl halides is 3. The van der Waals surface area contributed by atoms with Crippen LogP contribution in [-0.2, 0) is 6.18 Å². The second-order valence-corrected chi connectivity index (χ2v) is 4.92. The molecule has 0 atom stereocenters. The summed E-state index contributed by atoms with van der Waals surface area (Å²) in [6, 6.07) is 12.2. The van der Waals surface area contributed by atoms with Gasteiger partial charge in [0, 0.05) is 11.3 Å². The number of hydrogen-bond acceptors (Lipinski definition) is 2. The molecular formula is C16H12F3N3. The largest absolute Gasteiger partial charge is 0.416 e. The molecule has 0 aliphatic heterocycles. The summed E-state index contributed by atoms with van der Waals surface area (Å²) < 4.78 is 38.4. The van der Waals surface area contributed by atoms with Gasteiger partial charge in [-0.2, -0.15) is 18.3 Å². The zero-order valence-corrected chi connectivity index (χ0v) is 11.6. The summed E-state index contributed by atoms with van der Waals surface area (Å²) >= 11 is 0. The zero-order chi connectivity index (χ0) is 15.7. The Labute approximate surface area is 124 Å². The third-order valence-electron chi connectivity index (χ3n) is 3.20. The van der Waals surface area contributed by atoms with Crippen molar-refractivity contribution in [1.82, 2.24) is 15.2 Å². The van der Waals surface area contributed by atoms with Crippen LogP contribution >= 0.6 is 0 Å². The third-order valence-corrected chi connectivity index (χ3v) is 3.20. The molecule has 3 rings (SSSR count). The van der Waals surface area contributed by atoms with Crippen LogP contribution in [0.25, 0.3) is 22.6 Å². The van der Waals surface area contributed by atoms with Crippen molar-refractivity contribution >= 4 is 0 Å². The Balaban J connectivity index is 2.03. The van der Waals surface area contributed by atoms with Crippen LogP contribution in [0, 0.1) is 6.92 Å². The van der Waals surface area contributed by atoms with Crippen LogP contribution in [0.3, 0.4) is 0 Å². The first-order valence-corrected chi connectivity index (χ1v) is 6.60. The van der Waals surface area contributed by atoms with Crippen molar-refractivity contribution in [3.63, 3.8) is 0 Å². The molecule has 0 radical (unpaired) electrons. The molecule has 0 spiro atoms. The Morgan fingerprint density at radius 1 is 0.909 bits per heavy atom. The van der Waals surface area contributed by atoms with E-state index in [0.29, 0.717) is 22.6 Å². The average Bonchev–Trinajstić information content (AvgIpc) is 2.93. The summed E-state index contributed by atoms with van der Waals surface area (Å²) in [4.78, 5) is 4.40. The highest BCUT2D eigenvalue weighted by atomic mass is 19.4. The molecule has 112 valence electrons. The van der Waals surface area contributed by atoms with Crippen LogP contribution in [-0.4, -0.2) is 15.2 Å². The summed E-state index contributed by atoms with van der Waals surface area (Å²) in [5, 5.41) is 6.93. The summed E-state index contributed by atoms with van der Waals surface area (Å²) in [7, 11) is 0. The van der Waals surface area contributed by atoms with E-state index in [1.54, 1.807) is 24.3 Å². The van der Waals surface area contributed by atoms with Gasteiger partial charge in [-0.25, -0.2) is 4.98 Å². The molecule has 0 amide bonds. The number of rotatable bonds is 2. The van der Waals surface area contributed by atoms with E-state index in [9.17, 15) is 13.2 Å². The molecule has 1 N–H and O–H groups in total. The average molecular weight is 303 g/mol. The van der Waals surface area contributed by atoms with Crippen molar-refractivity contribution in [3.05, 3.63) is 59.8 Å². The first kappa shape index (κ1) is 14.3. The molecule has 3 nitrogen and oxygen atoms in total. The van der Waals surface area contributed by atoms with Crippen molar-refractivity contribution in [2.75, 3.05) is 0 Å². The maximum Gasteiger partial charge on any atom is 0.416 e. The quantitative estimate of drug-likeness (QED) is 0.759. The van der Waals surface area contributed by atoms with E-state index in [1.807, 2.05) is 13.0 Å². The van der Waals surface area contributed by atoms with Crippen LogP contribution in [0.15, 0.2) is 48.5 Å². The van der Waals surface area contributed by atoms with Gasteiger partial charge in [0.2, 0.25) is 0 Å². The van der Waals surface area contributed by atoms with Gasteiger partial charge in [0.05, 0.1) is 17.0 Å². The second-order valence-electron chi connectivity index (χ2n) is 4.92. The van der Waals surface area contributed by atoms with Crippen LogP contribution in [0.2, 0.25) is 0 Å². The Bertz CT molecular complexity index is 806. The molecule has 0 unspecified atom stereocenters. The highest BCUT2D eigenvalue weighted by Crippen LogP contribution is 2.32. The van der Waals surface area contributed by atoms with Crippen LogP contribution < -0.4 is 0 Å². The summed E-state index contributed by atoms with van der Waals surface area (Å²) in [5.74, 6) is 0. The van der Waals surface area contributed by atoms with Crippen LogP contribution in [0.4, 0.5) is 13.2 Å². The lowest BCUT2D eigenvalue weighted by molar-refractivity contribution is -0.137. The zero-order valence-electron chi connectivity index (χ0n) is 11.6. The minimum Gasteiger partial charge on any atom is -0.282 e. The highest BCUT2D eigenvalue weighted by Gasteiger charge is 2.30. The molecule has 22 heavy (non-hydrogen) atoms. The maximum atomic E-state index is 12.8. The van der Waals surface area contributed by atoms with Crippen molar-refractivity contribution in [1.29, 1.82) is 0 Å². The lowest BCUT2D eigenvalue weighted by Crippen LogP contribution is -2.04. The predicted molar refractivity (Wildman–Crippen MR) is 77.0 cm³/mol.